The van der Waals surface area contributed by atoms with Crippen molar-refractivity contribution in [2.75, 3.05) is 26.7 Å². The smallest absolute Gasteiger partial charge is 0.322 e. The highest BCUT2D eigenvalue weighted by Crippen LogP contribution is 2.35. The molecule has 0 radical (unpaired) electrons. The molecule has 0 bridgehead atoms. The minimum absolute atomic E-state index is 0.113. The van der Waals surface area contributed by atoms with Crippen LogP contribution < -0.4 is 10.6 Å². The molecule has 2 N–H and O–H groups in total. The number of carbonyl (C=O) groups is 3. The fourth-order valence-corrected chi connectivity index (χ4v) is 3.07. The molecule has 0 spiro atoms. The van der Waals surface area contributed by atoms with Crippen LogP contribution in [0.1, 0.15) is 11.6 Å². The van der Waals surface area contributed by atoms with E-state index in [9.17, 15) is 18.8 Å². The molecule has 2 heterocycles. The number of halogens is 1. The number of hydrogen-bond acceptors (Lipinski definition) is 3. The summed E-state index contributed by atoms with van der Waals surface area (Å²) >= 11 is 0. The number of amides is 4. The summed E-state index contributed by atoms with van der Waals surface area (Å²) in [6.07, 6.45) is 1.55. The second-order valence-electron chi connectivity index (χ2n) is 6.11. The second-order valence-corrected chi connectivity index (χ2v) is 6.11. The van der Waals surface area contributed by atoms with Gasteiger partial charge in [-0.2, -0.15) is 0 Å². The fourth-order valence-electron chi connectivity index (χ4n) is 3.07. The van der Waals surface area contributed by atoms with Crippen molar-refractivity contribution in [1.29, 1.82) is 0 Å². The van der Waals surface area contributed by atoms with E-state index in [1.54, 1.807) is 13.1 Å². The van der Waals surface area contributed by atoms with E-state index in [0.717, 1.165) is 0 Å². The molecule has 1 aromatic carbocycles. The number of urea groups is 1. The van der Waals surface area contributed by atoms with E-state index in [0.29, 0.717) is 23.4 Å². The van der Waals surface area contributed by atoms with Crippen LogP contribution in [0.25, 0.3) is 0 Å². The fraction of sp³-hybridized carbons (Fsp3) is 0.278. The Bertz CT molecular complexity index is 803. The number of likely N-dealkylation sites (N-methyl/N-ethyl adjacent to an activating group) is 1. The van der Waals surface area contributed by atoms with Crippen molar-refractivity contribution in [3.8, 4) is 0 Å². The van der Waals surface area contributed by atoms with Gasteiger partial charge < -0.3 is 15.5 Å². The van der Waals surface area contributed by atoms with Gasteiger partial charge in [0.15, 0.2) is 0 Å². The summed E-state index contributed by atoms with van der Waals surface area (Å²) in [5.41, 5.74) is 1.55. The molecule has 4 amide bonds. The van der Waals surface area contributed by atoms with Gasteiger partial charge in [-0.1, -0.05) is 18.2 Å². The van der Waals surface area contributed by atoms with Gasteiger partial charge >= 0.3 is 6.03 Å². The van der Waals surface area contributed by atoms with Gasteiger partial charge in [0.05, 0.1) is 23.9 Å². The molecule has 2 aliphatic rings. The van der Waals surface area contributed by atoms with Crippen molar-refractivity contribution >= 4 is 17.8 Å². The molecule has 7 nitrogen and oxygen atoms in total. The first-order chi connectivity index (χ1) is 12.4. The van der Waals surface area contributed by atoms with E-state index in [-0.39, 0.29) is 30.9 Å². The van der Waals surface area contributed by atoms with Gasteiger partial charge in [0.2, 0.25) is 5.91 Å². The first-order valence-electron chi connectivity index (χ1n) is 8.12. The molecule has 0 saturated carbocycles. The lowest BCUT2D eigenvalue weighted by Crippen LogP contribution is -2.45. The lowest BCUT2D eigenvalue weighted by atomic mass is 9.96. The van der Waals surface area contributed by atoms with Gasteiger partial charge in [0.1, 0.15) is 12.4 Å². The van der Waals surface area contributed by atoms with Crippen molar-refractivity contribution in [3.63, 3.8) is 0 Å². The van der Waals surface area contributed by atoms with Crippen LogP contribution >= 0.6 is 0 Å². The summed E-state index contributed by atoms with van der Waals surface area (Å²) in [5, 5.41) is 5.38. The third-order valence-corrected chi connectivity index (χ3v) is 4.42. The van der Waals surface area contributed by atoms with E-state index in [4.69, 9.17) is 0 Å². The maximum Gasteiger partial charge on any atom is 0.322 e. The molecule has 0 saturated heterocycles. The molecule has 1 aromatic rings. The van der Waals surface area contributed by atoms with Crippen LogP contribution in [0, 0.1) is 5.82 Å². The van der Waals surface area contributed by atoms with E-state index in [1.165, 1.54) is 34.1 Å². The molecule has 2 aliphatic heterocycles. The Morgan fingerprint density at radius 2 is 2.08 bits per heavy atom. The van der Waals surface area contributed by atoms with Crippen LogP contribution in [0.5, 0.6) is 0 Å². The zero-order valence-electron chi connectivity index (χ0n) is 14.3. The first-order valence-corrected chi connectivity index (χ1v) is 8.12. The zero-order chi connectivity index (χ0) is 18.8. The van der Waals surface area contributed by atoms with Crippen LogP contribution in [-0.2, 0) is 9.59 Å². The first kappa shape index (κ1) is 17.7. The van der Waals surface area contributed by atoms with Crippen LogP contribution in [0.3, 0.4) is 0 Å². The number of carbonyl (C=O) groups excluding carboxylic acids is 3. The Labute approximate surface area is 150 Å². The average molecular weight is 358 g/mol. The maximum atomic E-state index is 13.2. The topological polar surface area (TPSA) is 81.8 Å². The van der Waals surface area contributed by atoms with Crippen molar-refractivity contribution in [2.45, 2.75) is 6.04 Å². The molecular formula is C18H19FN4O3. The molecule has 0 aliphatic carbocycles. The molecule has 0 fully saturated rings. The highest BCUT2D eigenvalue weighted by Gasteiger charge is 2.43. The Hall–Kier alpha value is -3.16. The monoisotopic (exact) mass is 358 g/mol. The summed E-state index contributed by atoms with van der Waals surface area (Å²) in [6, 6.07) is 4.58. The van der Waals surface area contributed by atoms with Crippen molar-refractivity contribution < 1.29 is 18.8 Å². The van der Waals surface area contributed by atoms with E-state index in [2.05, 4.69) is 17.2 Å². The van der Waals surface area contributed by atoms with Gasteiger partial charge in [0, 0.05) is 13.6 Å². The molecule has 8 heteroatoms. The summed E-state index contributed by atoms with van der Waals surface area (Å²) in [7, 11) is 1.57. The van der Waals surface area contributed by atoms with Crippen LogP contribution in [0.4, 0.5) is 9.18 Å². The Morgan fingerprint density at radius 3 is 2.73 bits per heavy atom. The summed E-state index contributed by atoms with van der Waals surface area (Å²) in [4.78, 5) is 39.8. The molecule has 3 rings (SSSR count). The highest BCUT2D eigenvalue weighted by atomic mass is 19.1. The van der Waals surface area contributed by atoms with Gasteiger partial charge in [0.25, 0.3) is 5.91 Å². The minimum Gasteiger partial charge on any atom is -0.351 e. The molecule has 0 aromatic heterocycles. The molecule has 1 atom stereocenters. The average Bonchev–Trinajstić information content (AvgIpc) is 2.94. The number of hydrogen-bond donors (Lipinski definition) is 2. The molecule has 26 heavy (non-hydrogen) atoms. The number of benzene rings is 1. The Kier molecular flexibility index (Phi) is 4.75. The van der Waals surface area contributed by atoms with Crippen LogP contribution in [0.15, 0.2) is 48.2 Å². The van der Waals surface area contributed by atoms with Crippen molar-refractivity contribution in [1.82, 2.24) is 20.4 Å². The number of rotatable bonds is 5. The Balaban J connectivity index is 1.87. The maximum absolute atomic E-state index is 13.2. The van der Waals surface area contributed by atoms with Gasteiger partial charge in [-0.05, 0) is 17.7 Å². The zero-order valence-corrected chi connectivity index (χ0v) is 14.3. The van der Waals surface area contributed by atoms with Gasteiger partial charge in [-0.3, -0.25) is 14.5 Å². The predicted octanol–water partition coefficient (Wildman–Crippen LogP) is 0.920. The van der Waals surface area contributed by atoms with Crippen molar-refractivity contribution in [3.05, 3.63) is 59.6 Å². The van der Waals surface area contributed by atoms with Gasteiger partial charge in [-0.15, -0.1) is 6.58 Å². The lowest BCUT2D eigenvalue weighted by molar-refractivity contribution is -0.131. The van der Waals surface area contributed by atoms with Crippen molar-refractivity contribution in [2.24, 2.45) is 0 Å². The standard InChI is InChI=1S/C18H19FN4O3/c1-3-8-20-14(24)10-23-9-13-15(17(23)25)16(21-18(26)22(13)2)11-4-6-12(19)7-5-11/h3-7,16H,1,8-10H2,2H3,(H,20,24)(H,21,26). The van der Waals surface area contributed by atoms with E-state index >= 15 is 0 Å². The SMILES string of the molecule is C=CCNC(=O)CN1CC2=C(C1=O)C(c1ccc(F)cc1)NC(=O)N2C. The lowest BCUT2D eigenvalue weighted by Gasteiger charge is -2.31. The highest BCUT2D eigenvalue weighted by molar-refractivity contribution is 6.02. The predicted molar refractivity (Wildman–Crippen MR) is 92.2 cm³/mol. The van der Waals surface area contributed by atoms with Crippen LogP contribution in [0.2, 0.25) is 0 Å². The van der Waals surface area contributed by atoms with E-state index in [1.807, 2.05) is 0 Å². The third kappa shape index (κ3) is 3.17. The minimum atomic E-state index is -0.678. The summed E-state index contributed by atoms with van der Waals surface area (Å²) in [5.74, 6) is -1.03. The summed E-state index contributed by atoms with van der Waals surface area (Å²) in [6.45, 7) is 3.89. The quantitative estimate of drug-likeness (QED) is 0.768. The van der Waals surface area contributed by atoms with Crippen LogP contribution in [-0.4, -0.2) is 54.3 Å². The molecule has 136 valence electrons. The normalized spacial score (nSPS) is 19.4. The number of nitrogens with zero attached hydrogens (tertiary/aromatic N) is 2. The van der Waals surface area contributed by atoms with Gasteiger partial charge in [-0.25, -0.2) is 9.18 Å². The summed E-state index contributed by atoms with van der Waals surface area (Å²) < 4.78 is 13.2. The third-order valence-electron chi connectivity index (χ3n) is 4.42. The Morgan fingerprint density at radius 1 is 1.38 bits per heavy atom. The molecule has 1 unspecified atom stereocenters. The van der Waals surface area contributed by atoms with E-state index < -0.39 is 11.9 Å². The number of nitrogens with one attached hydrogen (secondary N) is 2. The largest absolute Gasteiger partial charge is 0.351 e. The second kappa shape index (κ2) is 6.99. The molecular weight excluding hydrogens is 339 g/mol.